The maximum Gasteiger partial charge on any atom is 0.263 e. The molecule has 28 heavy (non-hydrogen) atoms. The van der Waals surface area contributed by atoms with Crippen molar-refractivity contribution < 1.29 is 17.9 Å². The van der Waals surface area contributed by atoms with Crippen LogP contribution in [0.3, 0.4) is 0 Å². The predicted octanol–water partition coefficient (Wildman–Crippen LogP) is 3.22. The summed E-state index contributed by atoms with van der Waals surface area (Å²) in [5.74, 6) is 0.597. The first kappa shape index (κ1) is 18.2. The topological polar surface area (TPSA) is 110 Å². The van der Waals surface area contributed by atoms with Gasteiger partial charge in [-0.2, -0.15) is 0 Å². The lowest BCUT2D eigenvalue weighted by molar-refractivity contribution is -0.115. The van der Waals surface area contributed by atoms with Gasteiger partial charge in [0.1, 0.15) is 10.6 Å². The molecule has 0 bridgehead atoms. The Labute approximate surface area is 165 Å². The van der Waals surface area contributed by atoms with Gasteiger partial charge in [0.05, 0.1) is 17.6 Å². The maximum atomic E-state index is 12.7. The number of ether oxygens (including phenoxy) is 1. The van der Waals surface area contributed by atoms with Crippen LogP contribution in [0.1, 0.15) is 5.56 Å². The van der Waals surface area contributed by atoms with Crippen LogP contribution in [0.15, 0.2) is 59.9 Å². The molecule has 1 amide bonds. The van der Waals surface area contributed by atoms with E-state index in [4.69, 9.17) is 16.3 Å². The fraction of sp³-hybridized carbons (Fsp3) is 0.0556. The largest absolute Gasteiger partial charge is 0.438 e. The lowest BCUT2D eigenvalue weighted by atomic mass is 10.2. The number of rotatable bonds is 5. The minimum atomic E-state index is -3.94. The first-order valence-corrected chi connectivity index (χ1v) is 9.96. The Morgan fingerprint density at radius 3 is 2.64 bits per heavy atom. The Morgan fingerprint density at radius 1 is 1.14 bits per heavy atom. The zero-order valence-corrected chi connectivity index (χ0v) is 15.8. The zero-order valence-electron chi connectivity index (χ0n) is 14.2. The molecule has 0 unspecified atom stereocenters. The van der Waals surface area contributed by atoms with Gasteiger partial charge in [0.15, 0.2) is 0 Å². The lowest BCUT2D eigenvalue weighted by Crippen LogP contribution is -2.13. The molecule has 2 aromatic carbocycles. The number of hydrogen-bond donors (Lipinski definition) is 2. The molecule has 2 N–H and O–H groups in total. The van der Waals surface area contributed by atoms with Crippen LogP contribution in [0.4, 0.5) is 11.4 Å². The summed E-state index contributed by atoms with van der Waals surface area (Å²) < 4.78 is 33.4. The number of nitrogens with one attached hydrogen (secondary N) is 2. The van der Waals surface area contributed by atoms with Crippen molar-refractivity contribution >= 4 is 38.9 Å². The fourth-order valence-corrected chi connectivity index (χ4v) is 4.33. The molecule has 0 atom stereocenters. The van der Waals surface area contributed by atoms with Crippen molar-refractivity contribution in [2.75, 3.05) is 10.0 Å². The molecule has 4 rings (SSSR count). The van der Waals surface area contributed by atoms with E-state index in [0.29, 0.717) is 28.6 Å². The quantitative estimate of drug-likeness (QED) is 0.660. The van der Waals surface area contributed by atoms with Gasteiger partial charge in [0.25, 0.3) is 10.0 Å². The Bertz CT molecular complexity index is 1150. The van der Waals surface area contributed by atoms with Gasteiger partial charge in [0, 0.05) is 23.8 Å². The lowest BCUT2D eigenvalue weighted by Gasteiger charge is -2.12. The van der Waals surface area contributed by atoms with E-state index in [1.807, 2.05) is 0 Å². The minimum Gasteiger partial charge on any atom is -0.438 e. The second-order valence-corrected chi connectivity index (χ2v) is 8.00. The van der Waals surface area contributed by atoms with E-state index in [1.165, 1.54) is 30.7 Å². The Balaban J connectivity index is 1.54. The number of carbonyl (C=O) groups excluding carboxylic acids is 1. The van der Waals surface area contributed by atoms with Crippen molar-refractivity contribution in [2.24, 2.45) is 0 Å². The van der Waals surface area contributed by atoms with Crippen LogP contribution in [-0.4, -0.2) is 24.3 Å². The molecule has 0 radical (unpaired) electrons. The van der Waals surface area contributed by atoms with E-state index < -0.39 is 10.0 Å². The number of sulfonamides is 1. The third-order valence-corrected chi connectivity index (χ3v) is 5.79. The van der Waals surface area contributed by atoms with Gasteiger partial charge in [-0.15, -0.1) is 0 Å². The summed E-state index contributed by atoms with van der Waals surface area (Å²) in [6, 6.07) is 9.14. The summed E-state index contributed by atoms with van der Waals surface area (Å²) in [7, 11) is -3.94. The highest BCUT2D eigenvalue weighted by molar-refractivity contribution is 7.92. The predicted molar refractivity (Wildman–Crippen MR) is 103 cm³/mol. The third-order valence-electron chi connectivity index (χ3n) is 3.94. The first-order valence-electron chi connectivity index (χ1n) is 8.10. The van der Waals surface area contributed by atoms with Crippen molar-refractivity contribution in [3.8, 4) is 11.6 Å². The van der Waals surface area contributed by atoms with Crippen molar-refractivity contribution in [1.82, 2.24) is 9.97 Å². The van der Waals surface area contributed by atoms with E-state index in [2.05, 4.69) is 20.0 Å². The molecule has 1 aliphatic rings. The molecular formula is C18H13ClN4O4S. The van der Waals surface area contributed by atoms with E-state index in [0.717, 1.165) is 0 Å². The number of halogens is 1. The summed E-state index contributed by atoms with van der Waals surface area (Å²) in [5, 5.41) is 2.65. The number of nitrogens with zero attached hydrogens (tertiary/aromatic N) is 2. The molecule has 10 heteroatoms. The van der Waals surface area contributed by atoms with Gasteiger partial charge in [-0.25, -0.2) is 13.4 Å². The van der Waals surface area contributed by atoms with Gasteiger partial charge in [-0.1, -0.05) is 11.6 Å². The number of amides is 1. The van der Waals surface area contributed by atoms with Crippen molar-refractivity contribution in [1.29, 1.82) is 0 Å². The molecule has 8 nitrogen and oxygen atoms in total. The van der Waals surface area contributed by atoms with Crippen LogP contribution in [0.5, 0.6) is 11.6 Å². The standard InChI is InChI=1S/C18H13ClN4O4S/c19-14-9-15-11(8-17(24)22-15)7-16(14)28(25,26)23-12-1-3-13(4-2-12)27-18-10-20-5-6-21-18/h1-7,9-10,23H,8H2,(H,22,24). The average molecular weight is 417 g/mol. The minimum absolute atomic E-state index is 0.0241. The van der Waals surface area contributed by atoms with Gasteiger partial charge in [0.2, 0.25) is 11.8 Å². The highest BCUT2D eigenvalue weighted by atomic mass is 35.5. The molecular weight excluding hydrogens is 404 g/mol. The van der Waals surface area contributed by atoms with Crippen molar-refractivity contribution in [2.45, 2.75) is 11.3 Å². The zero-order chi connectivity index (χ0) is 19.7. The van der Waals surface area contributed by atoms with Gasteiger partial charge in [-0.3, -0.25) is 14.5 Å². The maximum absolute atomic E-state index is 12.7. The highest BCUT2D eigenvalue weighted by Crippen LogP contribution is 2.33. The monoisotopic (exact) mass is 416 g/mol. The molecule has 0 saturated heterocycles. The molecule has 0 fully saturated rings. The van der Waals surface area contributed by atoms with Crippen LogP contribution in [0, 0.1) is 0 Å². The molecule has 0 spiro atoms. The molecule has 2 heterocycles. The van der Waals surface area contributed by atoms with E-state index in [1.54, 1.807) is 24.3 Å². The summed E-state index contributed by atoms with van der Waals surface area (Å²) in [6.45, 7) is 0. The van der Waals surface area contributed by atoms with E-state index >= 15 is 0 Å². The molecule has 0 aliphatic carbocycles. The summed E-state index contributed by atoms with van der Waals surface area (Å²) in [6.07, 6.45) is 4.61. The molecule has 142 valence electrons. The van der Waals surface area contributed by atoms with E-state index in [9.17, 15) is 13.2 Å². The fourth-order valence-electron chi connectivity index (χ4n) is 2.69. The van der Waals surface area contributed by atoms with Crippen molar-refractivity contribution in [3.05, 3.63) is 65.6 Å². The van der Waals surface area contributed by atoms with Crippen LogP contribution in [0.25, 0.3) is 0 Å². The van der Waals surface area contributed by atoms with Gasteiger partial charge < -0.3 is 10.1 Å². The number of hydrogen-bond acceptors (Lipinski definition) is 6. The van der Waals surface area contributed by atoms with Crippen LogP contribution in [-0.2, 0) is 21.2 Å². The molecule has 3 aromatic rings. The molecule has 1 aliphatic heterocycles. The van der Waals surface area contributed by atoms with Crippen LogP contribution >= 0.6 is 11.6 Å². The SMILES string of the molecule is O=C1Cc2cc(S(=O)(=O)Nc3ccc(Oc4cnccn4)cc3)c(Cl)cc2N1. The molecule has 1 aromatic heterocycles. The number of carbonyl (C=O) groups is 1. The summed E-state index contributed by atoms with van der Waals surface area (Å²) >= 11 is 6.12. The van der Waals surface area contributed by atoms with Crippen molar-refractivity contribution in [3.63, 3.8) is 0 Å². The number of aromatic nitrogens is 2. The highest BCUT2D eigenvalue weighted by Gasteiger charge is 2.25. The Morgan fingerprint density at radius 2 is 1.93 bits per heavy atom. The first-order chi connectivity index (χ1) is 13.4. The summed E-state index contributed by atoms with van der Waals surface area (Å²) in [4.78, 5) is 19.3. The number of benzene rings is 2. The normalized spacial score (nSPS) is 13.0. The van der Waals surface area contributed by atoms with Gasteiger partial charge >= 0.3 is 0 Å². The number of fused-ring (bicyclic) bond motifs is 1. The molecule has 0 saturated carbocycles. The Kier molecular flexibility index (Phi) is 4.62. The Hall–Kier alpha value is -3.17. The second-order valence-electron chi connectivity index (χ2n) is 5.94. The van der Waals surface area contributed by atoms with Crippen LogP contribution in [0.2, 0.25) is 5.02 Å². The average Bonchev–Trinajstić information content (AvgIpc) is 3.02. The number of anilines is 2. The summed E-state index contributed by atoms with van der Waals surface area (Å²) in [5.41, 5.74) is 1.44. The second kappa shape index (κ2) is 7.10. The third kappa shape index (κ3) is 3.75. The smallest absolute Gasteiger partial charge is 0.263 e. The van der Waals surface area contributed by atoms with Crippen LogP contribution < -0.4 is 14.8 Å². The van der Waals surface area contributed by atoms with Gasteiger partial charge in [-0.05, 0) is 42.0 Å². The van der Waals surface area contributed by atoms with E-state index in [-0.39, 0.29) is 22.2 Å².